The van der Waals surface area contributed by atoms with E-state index >= 15 is 0 Å². The Bertz CT molecular complexity index is 674. The van der Waals surface area contributed by atoms with E-state index in [0.29, 0.717) is 19.1 Å². The first-order chi connectivity index (χ1) is 12.7. The maximum Gasteiger partial charge on any atom is 0.321 e. The minimum Gasteiger partial charge on any atom is -0.336 e. The van der Waals surface area contributed by atoms with Crippen LogP contribution in [0, 0.1) is 0 Å². The highest BCUT2D eigenvalue weighted by molar-refractivity contribution is 5.95. The quantitative estimate of drug-likeness (QED) is 0.872. The van der Waals surface area contributed by atoms with E-state index in [2.05, 4.69) is 15.5 Å². The van der Waals surface area contributed by atoms with Crippen molar-refractivity contribution in [1.82, 2.24) is 15.1 Å². The van der Waals surface area contributed by atoms with Crippen LogP contribution in [0.25, 0.3) is 0 Å². The highest BCUT2D eigenvalue weighted by atomic mass is 16.2. The molecule has 3 aliphatic heterocycles. The third kappa shape index (κ3) is 3.62. The van der Waals surface area contributed by atoms with Crippen LogP contribution in [0.1, 0.15) is 25.7 Å². The lowest BCUT2D eigenvalue weighted by atomic mass is 10.0. The predicted molar refractivity (Wildman–Crippen MR) is 102 cm³/mol. The molecule has 1 aromatic rings. The summed E-state index contributed by atoms with van der Waals surface area (Å²) in [7, 11) is 0. The van der Waals surface area contributed by atoms with Gasteiger partial charge in [0.15, 0.2) is 0 Å². The molecular weight excluding hydrogens is 330 g/mol. The number of nitrogens with one attached hydrogen (secondary N) is 2. The van der Waals surface area contributed by atoms with Crippen molar-refractivity contribution in [1.29, 1.82) is 0 Å². The summed E-state index contributed by atoms with van der Waals surface area (Å²) in [5.41, 5.74) is 1.54. The zero-order chi connectivity index (χ0) is 17.9. The first-order valence-electron chi connectivity index (χ1n) is 9.66. The molecule has 2 N–H and O–H groups in total. The summed E-state index contributed by atoms with van der Waals surface area (Å²) >= 11 is 0. The number of urea groups is 2. The van der Waals surface area contributed by atoms with E-state index in [1.165, 1.54) is 32.4 Å². The molecule has 4 rings (SSSR count). The Hall–Kier alpha value is -2.28. The van der Waals surface area contributed by atoms with Gasteiger partial charge in [0.2, 0.25) is 0 Å². The Morgan fingerprint density at radius 3 is 2.73 bits per heavy atom. The van der Waals surface area contributed by atoms with Crippen molar-refractivity contribution in [2.24, 2.45) is 0 Å². The molecule has 3 saturated heterocycles. The van der Waals surface area contributed by atoms with Crippen LogP contribution in [-0.2, 0) is 0 Å². The van der Waals surface area contributed by atoms with Crippen LogP contribution in [0.15, 0.2) is 24.3 Å². The molecule has 0 unspecified atom stereocenters. The predicted octanol–water partition coefficient (Wildman–Crippen LogP) is 2.31. The fourth-order valence-corrected chi connectivity index (χ4v) is 4.22. The Kier molecular flexibility index (Phi) is 4.97. The number of anilines is 2. The van der Waals surface area contributed by atoms with Gasteiger partial charge in [-0.25, -0.2) is 9.59 Å². The number of nitrogens with zero attached hydrogens (tertiary/aromatic N) is 3. The Morgan fingerprint density at radius 2 is 1.96 bits per heavy atom. The van der Waals surface area contributed by atoms with Crippen LogP contribution in [0.4, 0.5) is 21.0 Å². The molecule has 1 atom stereocenters. The summed E-state index contributed by atoms with van der Waals surface area (Å²) in [5.74, 6) is 0. The van der Waals surface area contributed by atoms with Crippen LogP contribution in [0.5, 0.6) is 0 Å². The first kappa shape index (κ1) is 17.1. The Morgan fingerprint density at radius 1 is 1.12 bits per heavy atom. The molecule has 26 heavy (non-hydrogen) atoms. The van der Waals surface area contributed by atoms with Crippen LogP contribution in [0.3, 0.4) is 0 Å². The zero-order valence-corrected chi connectivity index (χ0v) is 15.1. The number of amides is 4. The van der Waals surface area contributed by atoms with E-state index in [4.69, 9.17) is 0 Å². The summed E-state index contributed by atoms with van der Waals surface area (Å²) in [4.78, 5) is 30.7. The summed E-state index contributed by atoms with van der Waals surface area (Å²) in [5, 5.41) is 5.81. The molecule has 0 aromatic heterocycles. The van der Waals surface area contributed by atoms with Gasteiger partial charge in [-0.2, -0.15) is 0 Å². The summed E-state index contributed by atoms with van der Waals surface area (Å²) in [6.07, 6.45) is 4.80. The van der Waals surface area contributed by atoms with E-state index in [9.17, 15) is 9.59 Å². The van der Waals surface area contributed by atoms with Gasteiger partial charge in [-0.1, -0.05) is 6.07 Å². The average molecular weight is 357 g/mol. The van der Waals surface area contributed by atoms with Crippen molar-refractivity contribution in [3.05, 3.63) is 24.3 Å². The smallest absolute Gasteiger partial charge is 0.321 e. The zero-order valence-electron chi connectivity index (χ0n) is 15.1. The average Bonchev–Trinajstić information content (AvgIpc) is 3.34. The second-order valence-corrected chi connectivity index (χ2v) is 7.35. The molecule has 4 amide bonds. The Balaban J connectivity index is 1.39. The van der Waals surface area contributed by atoms with Crippen LogP contribution in [-0.4, -0.2) is 67.2 Å². The van der Waals surface area contributed by atoms with Gasteiger partial charge < -0.3 is 15.5 Å². The van der Waals surface area contributed by atoms with Crippen molar-refractivity contribution in [2.45, 2.75) is 31.7 Å². The number of benzene rings is 1. The summed E-state index contributed by atoms with van der Waals surface area (Å²) in [6, 6.07) is 7.87. The normalized spacial score (nSPS) is 24.0. The van der Waals surface area contributed by atoms with Gasteiger partial charge in [0, 0.05) is 43.6 Å². The molecule has 7 heteroatoms. The van der Waals surface area contributed by atoms with E-state index in [1.54, 1.807) is 4.90 Å². The van der Waals surface area contributed by atoms with E-state index in [0.717, 1.165) is 30.9 Å². The Labute approximate surface area is 154 Å². The standard InChI is InChI=1S/C19H27N5O2/c25-18-20-8-12-24(18)16-6-3-5-15(13-16)21-19(26)23-11-4-7-17(14-23)22-9-1-2-10-22/h3,5-6,13,17H,1-2,4,7-12,14H2,(H,20,25)(H,21,26)/t17-/m0/s1. The first-order valence-corrected chi connectivity index (χ1v) is 9.66. The monoisotopic (exact) mass is 357 g/mol. The van der Waals surface area contributed by atoms with Gasteiger partial charge in [-0.3, -0.25) is 9.80 Å². The number of hydrogen-bond acceptors (Lipinski definition) is 3. The molecule has 0 spiro atoms. The van der Waals surface area contributed by atoms with Crippen molar-refractivity contribution in [2.75, 3.05) is 49.5 Å². The fourth-order valence-electron chi connectivity index (χ4n) is 4.22. The lowest BCUT2D eigenvalue weighted by Gasteiger charge is -2.37. The molecule has 3 fully saturated rings. The highest BCUT2D eigenvalue weighted by Gasteiger charge is 2.29. The van der Waals surface area contributed by atoms with Gasteiger partial charge in [0.25, 0.3) is 0 Å². The minimum atomic E-state index is -0.0852. The largest absolute Gasteiger partial charge is 0.336 e. The number of rotatable bonds is 3. The maximum atomic E-state index is 12.7. The molecule has 3 aliphatic rings. The minimum absolute atomic E-state index is 0.0445. The van der Waals surface area contributed by atoms with Gasteiger partial charge in [-0.15, -0.1) is 0 Å². The molecular formula is C19H27N5O2. The number of piperidine rings is 1. The highest BCUT2D eigenvalue weighted by Crippen LogP contribution is 2.23. The molecule has 1 aromatic carbocycles. The van der Waals surface area contributed by atoms with Crippen molar-refractivity contribution in [3.63, 3.8) is 0 Å². The molecule has 0 radical (unpaired) electrons. The molecule has 0 aliphatic carbocycles. The second kappa shape index (κ2) is 7.53. The van der Waals surface area contributed by atoms with Crippen LogP contribution in [0.2, 0.25) is 0 Å². The van der Waals surface area contributed by atoms with Gasteiger partial charge >= 0.3 is 12.1 Å². The molecule has 0 bridgehead atoms. The van der Waals surface area contributed by atoms with Crippen molar-refractivity contribution >= 4 is 23.4 Å². The summed E-state index contributed by atoms with van der Waals surface area (Å²) < 4.78 is 0. The van der Waals surface area contributed by atoms with E-state index in [1.807, 2.05) is 29.2 Å². The van der Waals surface area contributed by atoms with Crippen LogP contribution < -0.4 is 15.5 Å². The fraction of sp³-hybridized carbons (Fsp3) is 0.579. The van der Waals surface area contributed by atoms with Crippen molar-refractivity contribution in [3.8, 4) is 0 Å². The number of hydrogen-bond donors (Lipinski definition) is 2. The number of carbonyl (C=O) groups is 2. The summed E-state index contributed by atoms with van der Waals surface area (Å²) in [6.45, 7) is 5.26. The van der Waals surface area contributed by atoms with Gasteiger partial charge in [-0.05, 0) is 57.0 Å². The molecule has 0 saturated carbocycles. The number of carbonyl (C=O) groups excluding carboxylic acids is 2. The third-order valence-electron chi connectivity index (χ3n) is 5.61. The lowest BCUT2D eigenvalue weighted by molar-refractivity contribution is 0.132. The van der Waals surface area contributed by atoms with Gasteiger partial charge in [0.1, 0.15) is 0 Å². The maximum absolute atomic E-state index is 12.7. The molecule has 7 nitrogen and oxygen atoms in total. The third-order valence-corrected chi connectivity index (χ3v) is 5.61. The van der Waals surface area contributed by atoms with Gasteiger partial charge in [0.05, 0.1) is 0 Å². The van der Waals surface area contributed by atoms with Crippen LogP contribution >= 0.6 is 0 Å². The molecule has 140 valence electrons. The molecule has 3 heterocycles. The van der Waals surface area contributed by atoms with E-state index < -0.39 is 0 Å². The second-order valence-electron chi connectivity index (χ2n) is 7.35. The van der Waals surface area contributed by atoms with E-state index in [-0.39, 0.29) is 12.1 Å². The SMILES string of the molecule is O=C(Nc1cccc(N2CCNC2=O)c1)N1CCC[C@H](N2CCCC2)C1. The topological polar surface area (TPSA) is 67.9 Å². The number of likely N-dealkylation sites (tertiary alicyclic amines) is 2. The lowest BCUT2D eigenvalue weighted by Crippen LogP contribution is -2.50. The van der Waals surface area contributed by atoms with Crippen molar-refractivity contribution < 1.29 is 9.59 Å².